The number of esters is 1. The van der Waals surface area contributed by atoms with Gasteiger partial charge in [-0.05, 0) is 31.5 Å². The smallest absolute Gasteiger partial charge is 0.305 e. The van der Waals surface area contributed by atoms with Gasteiger partial charge in [0.2, 0.25) is 0 Å². The van der Waals surface area contributed by atoms with E-state index in [0.717, 1.165) is 0 Å². The van der Waals surface area contributed by atoms with Crippen molar-refractivity contribution in [3.8, 4) is 5.75 Å². The van der Waals surface area contributed by atoms with E-state index >= 15 is 0 Å². The molecule has 20 heavy (non-hydrogen) atoms. The van der Waals surface area contributed by atoms with Crippen molar-refractivity contribution in [3.05, 3.63) is 28.8 Å². The molecule has 0 atom stereocenters. The van der Waals surface area contributed by atoms with Crippen LogP contribution in [0, 0.1) is 0 Å². The van der Waals surface area contributed by atoms with Crippen LogP contribution in [0.4, 0.5) is 0 Å². The SMILES string of the molecule is CCOC(=O)CCCNC(=O)c1ccc(Cl)cc1OC. The van der Waals surface area contributed by atoms with Gasteiger partial charge in [0.15, 0.2) is 0 Å². The molecule has 1 aromatic carbocycles. The van der Waals surface area contributed by atoms with E-state index in [1.807, 2.05) is 0 Å². The van der Waals surface area contributed by atoms with Crippen LogP contribution >= 0.6 is 11.6 Å². The van der Waals surface area contributed by atoms with E-state index in [-0.39, 0.29) is 18.3 Å². The normalized spacial score (nSPS) is 9.95. The summed E-state index contributed by atoms with van der Waals surface area (Å²) in [6.07, 6.45) is 0.812. The summed E-state index contributed by atoms with van der Waals surface area (Å²) in [7, 11) is 1.48. The molecule has 0 aliphatic heterocycles. The molecule has 110 valence electrons. The Labute approximate surface area is 123 Å². The molecule has 1 N–H and O–H groups in total. The van der Waals surface area contributed by atoms with Crippen LogP contribution in [0.15, 0.2) is 18.2 Å². The summed E-state index contributed by atoms with van der Waals surface area (Å²) >= 11 is 5.83. The lowest BCUT2D eigenvalue weighted by molar-refractivity contribution is -0.143. The summed E-state index contributed by atoms with van der Waals surface area (Å²) in [5.41, 5.74) is 0.410. The van der Waals surface area contributed by atoms with Gasteiger partial charge in [0, 0.05) is 18.0 Å². The van der Waals surface area contributed by atoms with Gasteiger partial charge >= 0.3 is 5.97 Å². The second-order valence-corrected chi connectivity index (χ2v) is 4.45. The number of carbonyl (C=O) groups excluding carboxylic acids is 2. The van der Waals surface area contributed by atoms with E-state index in [1.54, 1.807) is 25.1 Å². The molecule has 0 radical (unpaired) electrons. The quantitative estimate of drug-likeness (QED) is 0.620. The Morgan fingerprint density at radius 1 is 1.35 bits per heavy atom. The largest absolute Gasteiger partial charge is 0.496 e. The number of halogens is 1. The van der Waals surface area contributed by atoms with Gasteiger partial charge < -0.3 is 14.8 Å². The number of hydrogen-bond donors (Lipinski definition) is 1. The van der Waals surface area contributed by atoms with Gasteiger partial charge in [-0.15, -0.1) is 0 Å². The number of amides is 1. The van der Waals surface area contributed by atoms with E-state index in [1.165, 1.54) is 7.11 Å². The lowest BCUT2D eigenvalue weighted by Gasteiger charge is -2.09. The third kappa shape index (κ3) is 5.09. The molecule has 0 aliphatic rings. The molecule has 1 aromatic rings. The minimum absolute atomic E-state index is 0.258. The summed E-state index contributed by atoms with van der Waals surface area (Å²) in [6.45, 7) is 2.52. The Bertz CT molecular complexity index is 476. The molecular weight excluding hydrogens is 282 g/mol. The van der Waals surface area contributed by atoms with Crippen LogP contribution in [-0.2, 0) is 9.53 Å². The molecule has 1 amide bonds. The number of hydrogen-bond acceptors (Lipinski definition) is 4. The first-order chi connectivity index (χ1) is 9.58. The summed E-state index contributed by atoms with van der Waals surface area (Å²) in [4.78, 5) is 23.1. The zero-order valence-electron chi connectivity index (χ0n) is 11.6. The van der Waals surface area contributed by atoms with Crippen LogP contribution in [-0.4, -0.2) is 32.1 Å². The van der Waals surface area contributed by atoms with E-state index in [0.29, 0.717) is 35.9 Å². The minimum Gasteiger partial charge on any atom is -0.496 e. The maximum Gasteiger partial charge on any atom is 0.305 e. The van der Waals surface area contributed by atoms with Crippen LogP contribution in [0.5, 0.6) is 5.75 Å². The molecule has 5 nitrogen and oxygen atoms in total. The van der Waals surface area contributed by atoms with Crippen LogP contribution in [0.25, 0.3) is 0 Å². The highest BCUT2D eigenvalue weighted by atomic mass is 35.5. The third-order valence-corrected chi connectivity index (χ3v) is 2.79. The van der Waals surface area contributed by atoms with Gasteiger partial charge in [-0.3, -0.25) is 9.59 Å². The Morgan fingerprint density at radius 2 is 2.10 bits per heavy atom. The molecular formula is C14H18ClNO4. The molecule has 0 heterocycles. The van der Waals surface area contributed by atoms with Crippen LogP contribution in [0.3, 0.4) is 0 Å². The van der Waals surface area contributed by atoms with E-state index in [4.69, 9.17) is 21.1 Å². The zero-order chi connectivity index (χ0) is 15.0. The van der Waals surface area contributed by atoms with Crippen molar-refractivity contribution in [2.24, 2.45) is 0 Å². The molecule has 0 saturated carbocycles. The summed E-state index contributed by atoms with van der Waals surface area (Å²) < 4.78 is 9.90. The molecule has 0 unspecified atom stereocenters. The molecule has 1 rings (SSSR count). The predicted octanol–water partition coefficient (Wildman–Crippen LogP) is 2.42. The van der Waals surface area contributed by atoms with Gasteiger partial charge in [0.25, 0.3) is 5.91 Å². The van der Waals surface area contributed by atoms with Gasteiger partial charge in [-0.2, -0.15) is 0 Å². The first-order valence-electron chi connectivity index (χ1n) is 6.35. The highest BCUT2D eigenvalue weighted by molar-refractivity contribution is 6.30. The maximum atomic E-state index is 12.0. The Kier molecular flexibility index (Phi) is 6.87. The number of methoxy groups -OCH3 is 1. The van der Waals surface area contributed by atoms with Crippen LogP contribution in [0.2, 0.25) is 5.02 Å². The average molecular weight is 300 g/mol. The number of ether oxygens (including phenoxy) is 2. The monoisotopic (exact) mass is 299 g/mol. The topological polar surface area (TPSA) is 64.6 Å². The highest BCUT2D eigenvalue weighted by Gasteiger charge is 2.12. The molecule has 0 spiro atoms. The first kappa shape index (κ1) is 16.3. The first-order valence-corrected chi connectivity index (χ1v) is 6.73. The molecule has 0 aliphatic carbocycles. The van der Waals surface area contributed by atoms with Gasteiger partial charge in [-0.1, -0.05) is 11.6 Å². The fourth-order valence-corrected chi connectivity index (χ4v) is 1.78. The standard InChI is InChI=1S/C14H18ClNO4/c1-3-20-13(17)5-4-8-16-14(18)11-7-6-10(15)9-12(11)19-2/h6-7,9H,3-5,8H2,1-2H3,(H,16,18). The molecule has 0 aromatic heterocycles. The summed E-state index contributed by atoms with van der Waals surface area (Å²) in [6, 6.07) is 4.80. The summed E-state index contributed by atoms with van der Waals surface area (Å²) in [5.74, 6) is -0.103. The van der Waals surface area contributed by atoms with E-state index < -0.39 is 0 Å². The van der Waals surface area contributed by atoms with Crippen molar-refractivity contribution in [3.63, 3.8) is 0 Å². The fourth-order valence-electron chi connectivity index (χ4n) is 1.62. The Morgan fingerprint density at radius 3 is 2.75 bits per heavy atom. The van der Waals surface area contributed by atoms with Crippen molar-refractivity contribution in [2.75, 3.05) is 20.3 Å². The minimum atomic E-state index is -0.262. The lowest BCUT2D eigenvalue weighted by atomic mass is 10.2. The number of benzene rings is 1. The Balaban J connectivity index is 2.45. The average Bonchev–Trinajstić information content (AvgIpc) is 2.43. The fraction of sp³-hybridized carbons (Fsp3) is 0.429. The van der Waals surface area contributed by atoms with Gasteiger partial charge in [0.1, 0.15) is 5.75 Å². The van der Waals surface area contributed by atoms with Gasteiger partial charge in [-0.25, -0.2) is 0 Å². The summed E-state index contributed by atoms with van der Waals surface area (Å²) in [5, 5.41) is 3.22. The molecule has 0 saturated heterocycles. The van der Waals surface area contributed by atoms with Crippen molar-refractivity contribution in [1.82, 2.24) is 5.32 Å². The molecule has 0 fully saturated rings. The van der Waals surface area contributed by atoms with Crippen LogP contribution in [0.1, 0.15) is 30.1 Å². The third-order valence-electron chi connectivity index (χ3n) is 2.56. The number of rotatable bonds is 7. The number of nitrogens with one attached hydrogen (secondary N) is 1. The lowest BCUT2D eigenvalue weighted by Crippen LogP contribution is -2.25. The molecule has 0 bridgehead atoms. The molecule has 6 heteroatoms. The zero-order valence-corrected chi connectivity index (χ0v) is 12.3. The van der Waals surface area contributed by atoms with Crippen molar-refractivity contribution < 1.29 is 19.1 Å². The second kappa shape index (κ2) is 8.43. The van der Waals surface area contributed by atoms with Crippen molar-refractivity contribution in [1.29, 1.82) is 0 Å². The predicted molar refractivity (Wildman–Crippen MR) is 76.2 cm³/mol. The van der Waals surface area contributed by atoms with Crippen molar-refractivity contribution >= 4 is 23.5 Å². The van der Waals surface area contributed by atoms with E-state index in [9.17, 15) is 9.59 Å². The van der Waals surface area contributed by atoms with Crippen LogP contribution < -0.4 is 10.1 Å². The van der Waals surface area contributed by atoms with Crippen molar-refractivity contribution in [2.45, 2.75) is 19.8 Å². The number of carbonyl (C=O) groups is 2. The Hall–Kier alpha value is -1.75. The van der Waals surface area contributed by atoms with Gasteiger partial charge in [0.05, 0.1) is 19.3 Å². The second-order valence-electron chi connectivity index (χ2n) is 4.01. The maximum absolute atomic E-state index is 12.0. The highest BCUT2D eigenvalue weighted by Crippen LogP contribution is 2.22. The van der Waals surface area contributed by atoms with E-state index in [2.05, 4.69) is 5.32 Å².